The molecule has 2 atom stereocenters. The predicted molar refractivity (Wildman–Crippen MR) is 174 cm³/mol. The highest BCUT2D eigenvalue weighted by atomic mass is 32.1. The van der Waals surface area contributed by atoms with E-state index in [9.17, 15) is 18.0 Å². The average molecular weight is 649 g/mol. The molecule has 1 unspecified atom stereocenters. The van der Waals surface area contributed by atoms with Crippen molar-refractivity contribution in [3.8, 4) is 11.8 Å². The topological polar surface area (TPSA) is 109 Å². The van der Waals surface area contributed by atoms with Crippen LogP contribution < -0.4 is 15.8 Å². The number of carbonyl (C=O) groups is 1. The van der Waals surface area contributed by atoms with Gasteiger partial charge in [-0.1, -0.05) is 56.3 Å². The summed E-state index contributed by atoms with van der Waals surface area (Å²) in [5.41, 5.74) is 8.59. The lowest BCUT2D eigenvalue weighted by Crippen LogP contribution is -2.55. The summed E-state index contributed by atoms with van der Waals surface area (Å²) in [6, 6.07) is 21.4. The van der Waals surface area contributed by atoms with Crippen LogP contribution in [0.25, 0.3) is 0 Å². The van der Waals surface area contributed by atoms with Gasteiger partial charge in [-0.05, 0) is 59.6 Å². The monoisotopic (exact) mass is 648 g/mol. The fourth-order valence-corrected chi connectivity index (χ4v) is 5.63. The largest absolute Gasteiger partial charge is 0.495 e. The Bertz CT molecular complexity index is 1700. The lowest BCUT2D eigenvalue weighted by molar-refractivity contribution is -0.138. The number of Topliss-reactive ketones (excluding diaryl/α,β-unsaturated/α-hetero) is 1. The predicted octanol–water partition coefficient (Wildman–Crippen LogP) is 6.40. The molecule has 4 rings (SSSR count). The summed E-state index contributed by atoms with van der Waals surface area (Å²) >= 11 is 5.75. The van der Waals surface area contributed by atoms with Gasteiger partial charge < -0.3 is 25.3 Å². The zero-order valence-electron chi connectivity index (χ0n) is 25.7. The number of nitrogens with one attached hydrogen (secondary N) is 1. The molecular formula is C34H35F3N6O2S. The summed E-state index contributed by atoms with van der Waals surface area (Å²) in [4.78, 5) is 19.7. The van der Waals surface area contributed by atoms with E-state index in [-0.39, 0.29) is 35.3 Å². The Morgan fingerprint density at radius 2 is 1.78 bits per heavy atom. The zero-order valence-corrected chi connectivity index (χ0v) is 26.5. The molecule has 0 aliphatic carbocycles. The van der Waals surface area contributed by atoms with Crippen molar-refractivity contribution in [1.82, 2.24) is 14.5 Å². The number of anilines is 1. The summed E-state index contributed by atoms with van der Waals surface area (Å²) in [7, 11) is 1.49. The second-order valence-electron chi connectivity index (χ2n) is 11.1. The molecule has 3 aromatic carbocycles. The van der Waals surface area contributed by atoms with Gasteiger partial charge in [-0.15, -0.1) is 0 Å². The van der Waals surface area contributed by atoms with Gasteiger partial charge >= 0.3 is 6.18 Å². The minimum atomic E-state index is -4.61. The molecule has 0 aliphatic heterocycles. The number of nitrogens with two attached hydrogens (primary N) is 1. The van der Waals surface area contributed by atoms with Crippen molar-refractivity contribution >= 4 is 28.8 Å². The summed E-state index contributed by atoms with van der Waals surface area (Å²) in [6.07, 6.45) is -2.47. The van der Waals surface area contributed by atoms with Gasteiger partial charge in [0.1, 0.15) is 11.5 Å². The first-order valence-corrected chi connectivity index (χ1v) is 15.0. The Hall–Kier alpha value is -4.73. The van der Waals surface area contributed by atoms with Crippen LogP contribution in [0.5, 0.6) is 5.75 Å². The molecule has 8 nitrogen and oxygen atoms in total. The number of para-hydroxylation sites is 2. The first kappa shape index (κ1) is 34.1. The molecule has 240 valence electrons. The molecule has 0 aliphatic rings. The van der Waals surface area contributed by atoms with Crippen LogP contribution in [0.15, 0.2) is 85.3 Å². The van der Waals surface area contributed by atoms with Crippen LogP contribution in [0.1, 0.15) is 41.8 Å². The van der Waals surface area contributed by atoms with Crippen molar-refractivity contribution in [3.05, 3.63) is 113 Å². The number of rotatable bonds is 12. The second kappa shape index (κ2) is 15.0. The molecule has 46 heavy (non-hydrogen) atoms. The van der Waals surface area contributed by atoms with E-state index in [2.05, 4.69) is 16.4 Å². The SMILES string of the molecule is COc1ccccc1NC(=S)N(Cc1ccccc1C(F)(F)F)C(N)[C@@H](C(=O)Cc1cncn1Cc1ccc(C#N)cc1)C(C)C. The highest BCUT2D eigenvalue weighted by Crippen LogP contribution is 2.34. The number of nitrogens with zero attached hydrogens (tertiary/aromatic N) is 4. The van der Waals surface area contributed by atoms with E-state index in [1.54, 1.807) is 48.9 Å². The lowest BCUT2D eigenvalue weighted by Gasteiger charge is -2.38. The number of aromatic nitrogens is 2. The average Bonchev–Trinajstić information content (AvgIpc) is 3.45. The molecule has 0 radical (unpaired) electrons. The van der Waals surface area contributed by atoms with Crippen LogP contribution in [-0.2, 0) is 30.5 Å². The maximum Gasteiger partial charge on any atom is 0.416 e. The van der Waals surface area contributed by atoms with Crippen LogP contribution in [-0.4, -0.2) is 38.6 Å². The number of hydrogen-bond acceptors (Lipinski definition) is 6. The third-order valence-electron chi connectivity index (χ3n) is 7.68. The number of methoxy groups -OCH3 is 1. The Labute approximate surface area is 271 Å². The molecule has 0 spiro atoms. The van der Waals surface area contributed by atoms with Gasteiger partial charge in [-0.2, -0.15) is 18.4 Å². The van der Waals surface area contributed by atoms with E-state index in [0.29, 0.717) is 29.2 Å². The minimum Gasteiger partial charge on any atom is -0.495 e. The van der Waals surface area contributed by atoms with E-state index in [0.717, 1.165) is 11.6 Å². The third kappa shape index (κ3) is 8.29. The second-order valence-corrected chi connectivity index (χ2v) is 11.5. The molecule has 0 fully saturated rings. The van der Waals surface area contributed by atoms with Gasteiger partial charge in [0.2, 0.25) is 0 Å². The lowest BCUT2D eigenvalue weighted by atomic mass is 9.86. The standard InChI is InChI=1S/C34H35F3N6O2S/c1-22(2)31(29(44)16-26-18-40-21-42(26)19-24-14-12-23(17-38)13-15-24)32(39)43(20-25-8-4-5-9-27(25)34(35,36)37)33(46)41-28-10-6-7-11-30(28)45-3/h4-15,18,21-22,31-32H,16,19-20,39H2,1-3H3,(H,41,46)/t31-,32?/m1/s1. The van der Waals surface area contributed by atoms with Crippen LogP contribution >= 0.6 is 12.2 Å². The van der Waals surface area contributed by atoms with Crippen LogP contribution in [0.4, 0.5) is 18.9 Å². The first-order chi connectivity index (χ1) is 21.9. The summed E-state index contributed by atoms with van der Waals surface area (Å²) in [5, 5.41) is 12.2. The smallest absolute Gasteiger partial charge is 0.416 e. The van der Waals surface area contributed by atoms with E-state index in [1.807, 2.05) is 30.5 Å². The van der Waals surface area contributed by atoms with Crippen LogP contribution in [0, 0.1) is 23.2 Å². The Kier molecular flexibility index (Phi) is 11.2. The van der Waals surface area contributed by atoms with Crippen molar-refractivity contribution in [2.24, 2.45) is 17.6 Å². The Morgan fingerprint density at radius 1 is 1.11 bits per heavy atom. The number of halogens is 3. The molecule has 12 heteroatoms. The normalized spacial score (nSPS) is 12.7. The number of ketones is 1. The summed E-state index contributed by atoms with van der Waals surface area (Å²) in [6.45, 7) is 3.81. The van der Waals surface area contributed by atoms with Crippen molar-refractivity contribution in [3.63, 3.8) is 0 Å². The number of thiocarbonyl (C=S) groups is 1. The molecule has 3 N–H and O–H groups in total. The molecule has 1 heterocycles. The van der Waals surface area contributed by atoms with Crippen molar-refractivity contribution < 1.29 is 22.7 Å². The number of ether oxygens (including phenoxy) is 1. The van der Waals surface area contributed by atoms with Gasteiger partial charge in [-0.25, -0.2) is 4.98 Å². The van der Waals surface area contributed by atoms with Gasteiger partial charge in [0.25, 0.3) is 0 Å². The van der Waals surface area contributed by atoms with E-state index in [1.165, 1.54) is 30.2 Å². The Morgan fingerprint density at radius 3 is 2.43 bits per heavy atom. The van der Waals surface area contributed by atoms with Gasteiger partial charge in [0, 0.05) is 31.4 Å². The maximum atomic E-state index is 14.0. The van der Waals surface area contributed by atoms with Gasteiger partial charge in [-0.3, -0.25) is 4.79 Å². The van der Waals surface area contributed by atoms with E-state index < -0.39 is 23.8 Å². The summed E-state index contributed by atoms with van der Waals surface area (Å²) in [5.74, 6) is -0.833. The highest BCUT2D eigenvalue weighted by Gasteiger charge is 2.37. The fourth-order valence-electron chi connectivity index (χ4n) is 5.33. The van der Waals surface area contributed by atoms with E-state index >= 15 is 0 Å². The molecule has 0 saturated heterocycles. The Balaban J connectivity index is 1.64. The van der Waals surface area contributed by atoms with Crippen LogP contribution in [0.3, 0.4) is 0 Å². The number of alkyl halides is 3. The third-order valence-corrected chi connectivity index (χ3v) is 8.02. The number of nitriles is 1. The number of carbonyl (C=O) groups excluding carboxylic acids is 1. The van der Waals surface area contributed by atoms with Crippen molar-refractivity contribution in [2.75, 3.05) is 12.4 Å². The fraction of sp³-hybridized carbons (Fsp3) is 0.294. The number of hydrogen-bond donors (Lipinski definition) is 2. The molecule has 4 aromatic rings. The van der Waals surface area contributed by atoms with Gasteiger partial charge in [0.15, 0.2) is 5.11 Å². The molecule has 0 saturated carbocycles. The summed E-state index contributed by atoms with van der Waals surface area (Å²) < 4.78 is 49.3. The zero-order chi connectivity index (χ0) is 33.4. The maximum absolute atomic E-state index is 14.0. The van der Waals surface area contributed by atoms with Crippen LogP contribution in [0.2, 0.25) is 0 Å². The number of benzene rings is 3. The molecule has 1 aromatic heterocycles. The molecule has 0 bridgehead atoms. The van der Waals surface area contributed by atoms with Crippen molar-refractivity contribution in [2.45, 2.75) is 45.7 Å². The minimum absolute atomic E-state index is 0.00744. The quantitative estimate of drug-likeness (QED) is 0.134. The van der Waals surface area contributed by atoms with E-state index in [4.69, 9.17) is 28.0 Å². The highest BCUT2D eigenvalue weighted by molar-refractivity contribution is 7.80. The van der Waals surface area contributed by atoms with Gasteiger partial charge in [0.05, 0.1) is 48.4 Å². The van der Waals surface area contributed by atoms with Crippen molar-refractivity contribution in [1.29, 1.82) is 5.26 Å². The molecular weight excluding hydrogens is 613 g/mol. The number of imidazole rings is 1. The first-order valence-electron chi connectivity index (χ1n) is 14.5. The molecule has 0 amide bonds.